The SMILES string of the molecule is Cc1ccc(-[n+]2c(C)c(C(=O)c3ccccc3)n3c(C)csc32)cc1. The van der Waals surface area contributed by atoms with Crippen molar-refractivity contribution in [2.45, 2.75) is 20.8 Å². The molecule has 2 aromatic carbocycles. The molecule has 2 heterocycles. The fourth-order valence-electron chi connectivity index (χ4n) is 3.22. The third kappa shape index (κ3) is 2.50. The van der Waals surface area contributed by atoms with E-state index in [4.69, 9.17) is 0 Å². The van der Waals surface area contributed by atoms with Gasteiger partial charge in [-0.05, 0) is 26.0 Å². The van der Waals surface area contributed by atoms with Gasteiger partial charge in [-0.2, -0.15) is 8.97 Å². The number of imidazole rings is 1. The van der Waals surface area contributed by atoms with Crippen LogP contribution in [0.15, 0.2) is 60.0 Å². The summed E-state index contributed by atoms with van der Waals surface area (Å²) in [7, 11) is 0. The van der Waals surface area contributed by atoms with E-state index in [-0.39, 0.29) is 5.78 Å². The van der Waals surface area contributed by atoms with Crippen molar-refractivity contribution in [1.82, 2.24) is 4.40 Å². The van der Waals surface area contributed by atoms with Crippen molar-refractivity contribution in [3.63, 3.8) is 0 Å². The van der Waals surface area contributed by atoms with Crippen LogP contribution in [0, 0.1) is 20.8 Å². The van der Waals surface area contributed by atoms with Crippen LogP contribution in [0.3, 0.4) is 0 Å². The van der Waals surface area contributed by atoms with Crippen molar-refractivity contribution in [2.24, 2.45) is 0 Å². The quantitative estimate of drug-likeness (QED) is 0.397. The lowest BCUT2D eigenvalue weighted by Crippen LogP contribution is -2.32. The van der Waals surface area contributed by atoms with E-state index < -0.39 is 0 Å². The van der Waals surface area contributed by atoms with Crippen LogP contribution in [0.1, 0.15) is 33.0 Å². The normalized spacial score (nSPS) is 11.2. The summed E-state index contributed by atoms with van der Waals surface area (Å²) < 4.78 is 4.25. The average Bonchev–Trinajstić information content (AvgIpc) is 3.13. The van der Waals surface area contributed by atoms with Crippen molar-refractivity contribution in [2.75, 3.05) is 0 Å². The van der Waals surface area contributed by atoms with Gasteiger partial charge in [-0.3, -0.25) is 4.79 Å². The highest BCUT2D eigenvalue weighted by Gasteiger charge is 2.31. The van der Waals surface area contributed by atoms with Gasteiger partial charge < -0.3 is 0 Å². The molecule has 0 amide bonds. The molecule has 25 heavy (non-hydrogen) atoms. The Balaban J connectivity index is 2.00. The second kappa shape index (κ2) is 5.97. The molecule has 0 atom stereocenters. The Labute approximate surface area is 150 Å². The van der Waals surface area contributed by atoms with Crippen molar-refractivity contribution in [3.05, 3.63) is 88.2 Å². The lowest BCUT2D eigenvalue weighted by molar-refractivity contribution is -0.571. The number of rotatable bonds is 3. The molecule has 3 nitrogen and oxygen atoms in total. The Morgan fingerprint density at radius 1 is 0.960 bits per heavy atom. The van der Waals surface area contributed by atoms with Crippen LogP contribution in [0.25, 0.3) is 10.6 Å². The molecule has 4 rings (SSSR count). The molecule has 2 aromatic heterocycles. The highest BCUT2D eigenvalue weighted by Crippen LogP contribution is 2.23. The van der Waals surface area contributed by atoms with E-state index in [1.807, 2.05) is 44.2 Å². The summed E-state index contributed by atoms with van der Waals surface area (Å²) in [6.45, 7) is 6.15. The fraction of sp³-hybridized carbons (Fsp3) is 0.143. The third-order valence-corrected chi connectivity index (χ3v) is 5.55. The van der Waals surface area contributed by atoms with Crippen molar-refractivity contribution >= 4 is 22.1 Å². The van der Waals surface area contributed by atoms with Gasteiger partial charge in [0.2, 0.25) is 11.5 Å². The Morgan fingerprint density at radius 2 is 1.64 bits per heavy atom. The zero-order valence-electron chi connectivity index (χ0n) is 14.5. The van der Waals surface area contributed by atoms with Gasteiger partial charge in [0, 0.05) is 17.9 Å². The maximum Gasteiger partial charge on any atom is 0.351 e. The molecule has 0 fully saturated rings. The second-order valence-electron chi connectivity index (χ2n) is 6.30. The number of carbonyl (C=O) groups excluding carboxylic acids is 1. The van der Waals surface area contributed by atoms with E-state index in [0.29, 0.717) is 5.56 Å². The summed E-state index contributed by atoms with van der Waals surface area (Å²) in [5, 5.41) is 2.10. The highest BCUT2D eigenvalue weighted by atomic mass is 32.1. The minimum absolute atomic E-state index is 0.0560. The molecule has 0 saturated heterocycles. The topological polar surface area (TPSA) is 25.4 Å². The number of benzene rings is 2. The van der Waals surface area contributed by atoms with Gasteiger partial charge in [0.25, 0.3) is 0 Å². The third-order valence-electron chi connectivity index (χ3n) is 4.52. The van der Waals surface area contributed by atoms with Gasteiger partial charge >= 0.3 is 4.96 Å². The molecule has 0 aliphatic heterocycles. The van der Waals surface area contributed by atoms with E-state index in [2.05, 4.69) is 45.5 Å². The summed E-state index contributed by atoms with van der Waals surface area (Å²) in [6.07, 6.45) is 0. The number of hydrogen-bond acceptors (Lipinski definition) is 2. The number of carbonyl (C=O) groups is 1. The van der Waals surface area contributed by atoms with Gasteiger partial charge in [-0.1, -0.05) is 59.4 Å². The lowest BCUT2D eigenvalue weighted by atomic mass is 10.1. The first-order chi connectivity index (χ1) is 12.1. The molecular weight excluding hydrogens is 328 g/mol. The largest absolute Gasteiger partial charge is 0.351 e. The molecule has 124 valence electrons. The first-order valence-corrected chi connectivity index (χ1v) is 9.14. The van der Waals surface area contributed by atoms with Crippen LogP contribution in [-0.2, 0) is 0 Å². The van der Waals surface area contributed by atoms with Crippen LogP contribution < -0.4 is 4.57 Å². The molecular formula is C21H19N2OS+. The zero-order chi connectivity index (χ0) is 17.6. The van der Waals surface area contributed by atoms with E-state index in [1.54, 1.807) is 11.3 Å². The zero-order valence-corrected chi connectivity index (χ0v) is 15.3. The van der Waals surface area contributed by atoms with Crippen molar-refractivity contribution in [1.29, 1.82) is 0 Å². The smallest absolute Gasteiger partial charge is 0.284 e. The highest BCUT2D eigenvalue weighted by molar-refractivity contribution is 7.14. The molecule has 0 aliphatic carbocycles. The number of aromatic nitrogens is 2. The Kier molecular flexibility index (Phi) is 3.77. The Bertz CT molecular complexity index is 1070. The molecule has 0 saturated carbocycles. The number of nitrogens with zero attached hydrogens (tertiary/aromatic N) is 2. The summed E-state index contributed by atoms with van der Waals surface area (Å²) in [6, 6.07) is 17.9. The van der Waals surface area contributed by atoms with E-state index in [1.165, 1.54) is 5.56 Å². The monoisotopic (exact) mass is 347 g/mol. The molecule has 0 aliphatic rings. The van der Waals surface area contributed by atoms with E-state index >= 15 is 0 Å². The number of thiazole rings is 1. The van der Waals surface area contributed by atoms with Crippen LogP contribution in [-0.4, -0.2) is 10.2 Å². The number of hydrogen-bond donors (Lipinski definition) is 0. The maximum atomic E-state index is 13.2. The summed E-state index contributed by atoms with van der Waals surface area (Å²) in [5.74, 6) is 0.0560. The van der Waals surface area contributed by atoms with Crippen LogP contribution in [0.4, 0.5) is 0 Å². The first kappa shape index (κ1) is 15.8. The molecule has 0 bridgehead atoms. The average molecular weight is 347 g/mol. The fourth-order valence-corrected chi connectivity index (χ4v) is 4.29. The standard InChI is InChI=1S/C21H19N2OS/c1-14-9-11-18(12-10-14)23-16(3)19(22-15(2)13-25-21(22)23)20(24)17-7-5-4-6-8-17/h4-13H,1-3H3/q+1. The van der Waals surface area contributed by atoms with Crippen LogP contribution in [0.2, 0.25) is 0 Å². The second-order valence-corrected chi connectivity index (χ2v) is 7.13. The number of ketones is 1. The molecule has 4 heteroatoms. The minimum atomic E-state index is 0.0560. The molecule has 0 N–H and O–H groups in total. The molecule has 0 radical (unpaired) electrons. The summed E-state index contributed by atoms with van der Waals surface area (Å²) in [4.78, 5) is 14.3. The Hall–Kier alpha value is -2.72. The Morgan fingerprint density at radius 3 is 2.32 bits per heavy atom. The molecule has 0 unspecified atom stereocenters. The van der Waals surface area contributed by atoms with Crippen molar-refractivity contribution in [3.8, 4) is 5.69 Å². The van der Waals surface area contributed by atoms with Gasteiger partial charge in [-0.15, -0.1) is 0 Å². The summed E-state index contributed by atoms with van der Waals surface area (Å²) >= 11 is 1.66. The predicted octanol–water partition coefficient (Wildman–Crippen LogP) is 4.43. The summed E-state index contributed by atoms with van der Waals surface area (Å²) in [5.41, 5.74) is 5.79. The minimum Gasteiger partial charge on any atom is -0.284 e. The van der Waals surface area contributed by atoms with Gasteiger partial charge in [-0.25, -0.2) is 0 Å². The number of fused-ring (bicyclic) bond motifs is 1. The first-order valence-electron chi connectivity index (χ1n) is 8.26. The lowest BCUT2D eigenvalue weighted by Gasteiger charge is -2.00. The molecule has 0 spiro atoms. The van der Waals surface area contributed by atoms with Gasteiger partial charge in [0.1, 0.15) is 11.4 Å². The number of aryl methyl sites for hydroxylation is 2. The van der Waals surface area contributed by atoms with Gasteiger partial charge in [0.15, 0.2) is 5.69 Å². The van der Waals surface area contributed by atoms with Crippen LogP contribution in [0.5, 0.6) is 0 Å². The maximum absolute atomic E-state index is 13.2. The van der Waals surface area contributed by atoms with Gasteiger partial charge in [0.05, 0.1) is 0 Å². The van der Waals surface area contributed by atoms with Crippen LogP contribution >= 0.6 is 11.3 Å². The molecule has 4 aromatic rings. The van der Waals surface area contributed by atoms with Crippen molar-refractivity contribution < 1.29 is 9.36 Å². The van der Waals surface area contributed by atoms with E-state index in [9.17, 15) is 4.79 Å². The van der Waals surface area contributed by atoms with E-state index in [0.717, 1.165) is 27.7 Å². The predicted molar refractivity (Wildman–Crippen MR) is 101 cm³/mol.